The van der Waals surface area contributed by atoms with E-state index in [0.717, 1.165) is 12.4 Å². The molecule has 9 heteroatoms. The van der Waals surface area contributed by atoms with Crippen LogP contribution in [0.1, 0.15) is 22.2 Å². The quantitative estimate of drug-likeness (QED) is 0.758. The van der Waals surface area contributed by atoms with Crippen LogP contribution < -0.4 is 16.4 Å². The summed E-state index contributed by atoms with van der Waals surface area (Å²) in [7, 11) is 1.92. The lowest BCUT2D eigenvalue weighted by Crippen LogP contribution is -2.49. The summed E-state index contributed by atoms with van der Waals surface area (Å²) in [5.41, 5.74) is 6.20. The van der Waals surface area contributed by atoms with Crippen LogP contribution in [0.5, 0.6) is 0 Å². The molecule has 1 aromatic carbocycles. The number of nitrogens with zero attached hydrogens (tertiary/aromatic N) is 3. The Hall–Kier alpha value is -2.58. The number of imidazole rings is 1. The predicted octanol–water partition coefficient (Wildman–Crippen LogP) is 1.12. The first-order valence-electron chi connectivity index (χ1n) is 7.71. The molecular formula is C16H21ClN6O2. The third-order valence-electron chi connectivity index (χ3n) is 4.06. The van der Waals surface area contributed by atoms with Gasteiger partial charge in [0.2, 0.25) is 0 Å². The molecule has 1 atom stereocenters. The standard InChI is InChI=1S/C16H20N6O2.ClH/c1-21-8-7-19-14(21)13-10-18-6-9-22(13)15(23)11-2-4-12(5-3-11)20-16(17)24;/h2-5,7-8,13,18H,6,9-10H2,1H3,(H3,17,20,24);1H. The molecule has 1 aliphatic rings. The van der Waals surface area contributed by atoms with Gasteiger partial charge in [-0.2, -0.15) is 0 Å². The fraction of sp³-hybridized carbons (Fsp3) is 0.312. The number of rotatable bonds is 3. The van der Waals surface area contributed by atoms with Gasteiger partial charge in [-0.25, -0.2) is 9.78 Å². The number of hydrogen-bond donors (Lipinski definition) is 3. The molecule has 4 N–H and O–H groups in total. The van der Waals surface area contributed by atoms with E-state index in [4.69, 9.17) is 5.73 Å². The van der Waals surface area contributed by atoms with Gasteiger partial charge in [-0.05, 0) is 24.3 Å². The maximum Gasteiger partial charge on any atom is 0.316 e. The second-order valence-electron chi connectivity index (χ2n) is 5.68. The van der Waals surface area contributed by atoms with Crippen LogP contribution in [-0.2, 0) is 7.05 Å². The number of carbonyl (C=O) groups excluding carboxylic acids is 2. The van der Waals surface area contributed by atoms with Crippen molar-refractivity contribution in [3.8, 4) is 0 Å². The number of halogens is 1. The zero-order chi connectivity index (χ0) is 17.1. The van der Waals surface area contributed by atoms with E-state index in [-0.39, 0.29) is 24.4 Å². The topological polar surface area (TPSA) is 105 Å². The summed E-state index contributed by atoms with van der Waals surface area (Å²) in [5.74, 6) is 0.790. The summed E-state index contributed by atoms with van der Waals surface area (Å²) in [6.45, 7) is 2.02. The van der Waals surface area contributed by atoms with Crippen molar-refractivity contribution < 1.29 is 9.59 Å². The summed E-state index contributed by atoms with van der Waals surface area (Å²) in [6, 6.07) is 5.95. The molecule has 1 aliphatic heterocycles. The van der Waals surface area contributed by atoms with E-state index in [9.17, 15) is 9.59 Å². The van der Waals surface area contributed by atoms with Gasteiger partial charge in [0.25, 0.3) is 5.91 Å². The minimum absolute atomic E-state index is 0. The summed E-state index contributed by atoms with van der Waals surface area (Å²) in [6.07, 6.45) is 3.60. The van der Waals surface area contributed by atoms with Gasteiger partial charge in [-0.3, -0.25) is 4.79 Å². The third-order valence-corrected chi connectivity index (χ3v) is 4.06. The molecule has 0 aliphatic carbocycles. The zero-order valence-electron chi connectivity index (χ0n) is 13.8. The van der Waals surface area contributed by atoms with Crippen LogP contribution in [0.3, 0.4) is 0 Å². The molecule has 1 fully saturated rings. The van der Waals surface area contributed by atoms with E-state index in [1.807, 2.05) is 22.7 Å². The second-order valence-corrected chi connectivity index (χ2v) is 5.68. The number of aryl methyl sites for hydroxylation is 1. The van der Waals surface area contributed by atoms with Crippen LogP contribution in [0.25, 0.3) is 0 Å². The molecule has 0 radical (unpaired) electrons. The van der Waals surface area contributed by atoms with Crippen molar-refractivity contribution in [1.82, 2.24) is 19.8 Å². The number of nitrogens with one attached hydrogen (secondary N) is 2. The minimum atomic E-state index is -0.633. The molecule has 0 bridgehead atoms. The van der Waals surface area contributed by atoms with Gasteiger partial charge in [0.15, 0.2) is 0 Å². The van der Waals surface area contributed by atoms with Crippen LogP contribution in [0.2, 0.25) is 0 Å². The van der Waals surface area contributed by atoms with E-state index >= 15 is 0 Å². The first-order valence-corrected chi connectivity index (χ1v) is 7.71. The number of hydrogen-bond acceptors (Lipinski definition) is 4. The minimum Gasteiger partial charge on any atom is -0.351 e. The normalized spacial score (nSPS) is 16.8. The summed E-state index contributed by atoms with van der Waals surface area (Å²) in [5, 5.41) is 5.79. The highest BCUT2D eigenvalue weighted by Gasteiger charge is 2.30. The molecule has 2 heterocycles. The first-order chi connectivity index (χ1) is 11.6. The summed E-state index contributed by atoms with van der Waals surface area (Å²) < 4.78 is 1.93. The van der Waals surface area contributed by atoms with Crippen molar-refractivity contribution >= 4 is 30.0 Å². The number of anilines is 1. The van der Waals surface area contributed by atoms with Crippen molar-refractivity contribution in [2.75, 3.05) is 25.0 Å². The van der Waals surface area contributed by atoms with E-state index < -0.39 is 6.03 Å². The molecule has 2 aromatic rings. The highest BCUT2D eigenvalue weighted by atomic mass is 35.5. The monoisotopic (exact) mass is 364 g/mol. The fourth-order valence-electron chi connectivity index (χ4n) is 2.88. The molecule has 134 valence electrons. The first kappa shape index (κ1) is 18.8. The Balaban J connectivity index is 0.00000225. The highest BCUT2D eigenvalue weighted by molar-refractivity contribution is 5.95. The van der Waals surface area contributed by atoms with E-state index in [0.29, 0.717) is 24.3 Å². The Bertz CT molecular complexity index is 745. The summed E-state index contributed by atoms with van der Waals surface area (Å²) in [4.78, 5) is 30.0. The van der Waals surface area contributed by atoms with Crippen LogP contribution in [0.15, 0.2) is 36.7 Å². The summed E-state index contributed by atoms with van der Waals surface area (Å²) >= 11 is 0. The van der Waals surface area contributed by atoms with Crippen LogP contribution in [0, 0.1) is 0 Å². The van der Waals surface area contributed by atoms with Crippen molar-refractivity contribution in [3.05, 3.63) is 48.0 Å². The molecule has 1 unspecified atom stereocenters. The fourth-order valence-corrected chi connectivity index (χ4v) is 2.88. The lowest BCUT2D eigenvalue weighted by atomic mass is 10.1. The van der Waals surface area contributed by atoms with Gasteiger partial charge in [0, 0.05) is 50.3 Å². The number of aromatic nitrogens is 2. The Morgan fingerprint density at radius 3 is 2.64 bits per heavy atom. The molecular weight excluding hydrogens is 344 g/mol. The van der Waals surface area contributed by atoms with Gasteiger partial charge < -0.3 is 25.8 Å². The lowest BCUT2D eigenvalue weighted by molar-refractivity contribution is 0.0621. The van der Waals surface area contributed by atoms with Crippen molar-refractivity contribution in [3.63, 3.8) is 0 Å². The van der Waals surface area contributed by atoms with Crippen molar-refractivity contribution in [2.24, 2.45) is 12.8 Å². The number of urea groups is 1. The van der Waals surface area contributed by atoms with E-state index in [1.54, 1.807) is 30.5 Å². The largest absolute Gasteiger partial charge is 0.351 e. The lowest BCUT2D eigenvalue weighted by Gasteiger charge is -2.35. The SMILES string of the molecule is Cl.Cn1ccnc1C1CNCCN1C(=O)c1ccc(NC(N)=O)cc1. The van der Waals surface area contributed by atoms with Gasteiger partial charge >= 0.3 is 6.03 Å². The average Bonchev–Trinajstić information content (AvgIpc) is 3.00. The van der Waals surface area contributed by atoms with Gasteiger partial charge in [0.05, 0.1) is 0 Å². The zero-order valence-corrected chi connectivity index (χ0v) is 14.6. The maximum absolute atomic E-state index is 12.9. The van der Waals surface area contributed by atoms with Crippen molar-refractivity contribution in [2.45, 2.75) is 6.04 Å². The van der Waals surface area contributed by atoms with Crippen LogP contribution >= 0.6 is 12.4 Å². The Kier molecular flexibility index (Phi) is 6.00. The Labute approximate surface area is 151 Å². The van der Waals surface area contributed by atoms with E-state index in [1.165, 1.54) is 0 Å². The van der Waals surface area contributed by atoms with Crippen LogP contribution in [0.4, 0.5) is 10.5 Å². The molecule has 1 saturated heterocycles. The van der Waals surface area contributed by atoms with E-state index in [2.05, 4.69) is 15.6 Å². The van der Waals surface area contributed by atoms with Gasteiger partial charge in [-0.1, -0.05) is 0 Å². The molecule has 1 aromatic heterocycles. The highest BCUT2D eigenvalue weighted by Crippen LogP contribution is 2.23. The number of primary amides is 1. The van der Waals surface area contributed by atoms with Crippen LogP contribution in [-0.4, -0.2) is 46.0 Å². The van der Waals surface area contributed by atoms with Gasteiger partial charge in [-0.15, -0.1) is 12.4 Å². The predicted molar refractivity (Wildman–Crippen MR) is 96.8 cm³/mol. The number of nitrogens with two attached hydrogens (primary N) is 1. The van der Waals surface area contributed by atoms with Crippen molar-refractivity contribution in [1.29, 1.82) is 0 Å². The number of benzene rings is 1. The Morgan fingerprint density at radius 1 is 1.32 bits per heavy atom. The number of amides is 3. The number of piperazine rings is 1. The Morgan fingerprint density at radius 2 is 2.04 bits per heavy atom. The molecule has 3 amide bonds. The second kappa shape index (κ2) is 8.00. The maximum atomic E-state index is 12.9. The average molecular weight is 365 g/mol. The third kappa shape index (κ3) is 4.09. The molecule has 8 nitrogen and oxygen atoms in total. The molecule has 3 rings (SSSR count). The number of carbonyl (C=O) groups is 2. The molecule has 0 spiro atoms. The molecule has 25 heavy (non-hydrogen) atoms. The van der Waals surface area contributed by atoms with Gasteiger partial charge in [0.1, 0.15) is 11.9 Å². The smallest absolute Gasteiger partial charge is 0.316 e. The molecule has 0 saturated carbocycles.